The maximum absolute atomic E-state index is 12.6. The van der Waals surface area contributed by atoms with Crippen molar-refractivity contribution in [2.75, 3.05) is 24.6 Å². The largest absolute Gasteiger partial charge is 0.473 e. The second kappa shape index (κ2) is 6.48. The second-order valence-corrected chi connectivity index (χ2v) is 6.46. The molecule has 0 spiro atoms. The standard InChI is InChI=1S/C15H20N2O2S/c18-15(17-8-2-1-3-9-17)13-5-4-7-16-14(13)19-12-6-10-20-11-12/h4-5,7,12H,1-3,6,8-11H2/t12-/m1/s1. The van der Waals surface area contributed by atoms with Gasteiger partial charge in [-0.1, -0.05) is 0 Å². The van der Waals surface area contributed by atoms with Gasteiger partial charge in [0.1, 0.15) is 11.7 Å². The number of likely N-dealkylation sites (tertiary alicyclic amines) is 1. The minimum Gasteiger partial charge on any atom is -0.473 e. The van der Waals surface area contributed by atoms with Crippen LogP contribution in [0.15, 0.2) is 18.3 Å². The van der Waals surface area contributed by atoms with Crippen LogP contribution in [0.5, 0.6) is 5.88 Å². The fourth-order valence-electron chi connectivity index (χ4n) is 2.68. The van der Waals surface area contributed by atoms with E-state index >= 15 is 0 Å². The number of thioether (sulfide) groups is 1. The highest BCUT2D eigenvalue weighted by molar-refractivity contribution is 7.99. The summed E-state index contributed by atoms with van der Waals surface area (Å²) in [6, 6.07) is 3.65. The summed E-state index contributed by atoms with van der Waals surface area (Å²) in [5.41, 5.74) is 0.617. The molecule has 5 heteroatoms. The van der Waals surface area contributed by atoms with Gasteiger partial charge in [-0.25, -0.2) is 4.98 Å². The van der Waals surface area contributed by atoms with Crippen molar-refractivity contribution >= 4 is 17.7 Å². The average Bonchev–Trinajstić information content (AvgIpc) is 3.01. The van der Waals surface area contributed by atoms with Crippen molar-refractivity contribution < 1.29 is 9.53 Å². The van der Waals surface area contributed by atoms with E-state index in [2.05, 4.69) is 4.98 Å². The topological polar surface area (TPSA) is 42.4 Å². The summed E-state index contributed by atoms with van der Waals surface area (Å²) < 4.78 is 5.94. The van der Waals surface area contributed by atoms with Crippen molar-refractivity contribution in [1.29, 1.82) is 0 Å². The molecule has 20 heavy (non-hydrogen) atoms. The molecule has 1 amide bonds. The fourth-order valence-corrected chi connectivity index (χ4v) is 3.77. The molecule has 0 bridgehead atoms. The van der Waals surface area contributed by atoms with Crippen molar-refractivity contribution in [1.82, 2.24) is 9.88 Å². The Bertz CT molecular complexity index is 469. The lowest BCUT2D eigenvalue weighted by molar-refractivity contribution is 0.0716. The number of amides is 1. The van der Waals surface area contributed by atoms with Gasteiger partial charge in [0.05, 0.1) is 0 Å². The van der Waals surface area contributed by atoms with E-state index in [1.807, 2.05) is 28.8 Å². The number of rotatable bonds is 3. The van der Waals surface area contributed by atoms with Crippen LogP contribution in [0.4, 0.5) is 0 Å². The average molecular weight is 292 g/mol. The van der Waals surface area contributed by atoms with Crippen LogP contribution < -0.4 is 4.74 Å². The Morgan fingerprint density at radius 1 is 1.35 bits per heavy atom. The maximum atomic E-state index is 12.6. The highest BCUT2D eigenvalue weighted by atomic mass is 32.2. The fraction of sp³-hybridized carbons (Fsp3) is 0.600. The lowest BCUT2D eigenvalue weighted by atomic mass is 10.1. The predicted molar refractivity (Wildman–Crippen MR) is 80.3 cm³/mol. The van der Waals surface area contributed by atoms with Crippen LogP contribution in [-0.2, 0) is 0 Å². The number of hydrogen-bond acceptors (Lipinski definition) is 4. The number of carbonyl (C=O) groups is 1. The first-order chi connectivity index (χ1) is 9.84. The maximum Gasteiger partial charge on any atom is 0.259 e. The molecule has 2 saturated heterocycles. The zero-order valence-corrected chi connectivity index (χ0v) is 12.4. The second-order valence-electron chi connectivity index (χ2n) is 5.31. The van der Waals surface area contributed by atoms with E-state index < -0.39 is 0 Å². The molecule has 3 rings (SSSR count). The summed E-state index contributed by atoms with van der Waals surface area (Å²) in [5, 5.41) is 0. The van der Waals surface area contributed by atoms with Gasteiger partial charge in [-0.15, -0.1) is 0 Å². The van der Waals surface area contributed by atoms with Crippen LogP contribution in [0.25, 0.3) is 0 Å². The number of aromatic nitrogens is 1. The van der Waals surface area contributed by atoms with Crippen LogP contribution in [0.1, 0.15) is 36.0 Å². The molecular weight excluding hydrogens is 272 g/mol. The van der Waals surface area contributed by atoms with E-state index in [0.29, 0.717) is 11.4 Å². The third-order valence-electron chi connectivity index (χ3n) is 3.81. The summed E-state index contributed by atoms with van der Waals surface area (Å²) >= 11 is 1.90. The Labute approximate surface area is 123 Å². The molecule has 3 heterocycles. The summed E-state index contributed by atoms with van der Waals surface area (Å²) in [6.45, 7) is 1.71. The SMILES string of the molecule is O=C(c1cccnc1O[C@@H]1CCSC1)N1CCCCC1. The lowest BCUT2D eigenvalue weighted by Crippen LogP contribution is -2.36. The third kappa shape index (κ3) is 3.08. The van der Waals surface area contributed by atoms with Crippen molar-refractivity contribution in [3.8, 4) is 5.88 Å². The van der Waals surface area contributed by atoms with E-state index in [0.717, 1.165) is 43.9 Å². The molecule has 0 N–H and O–H groups in total. The molecule has 4 nitrogen and oxygen atoms in total. The number of nitrogens with zero attached hydrogens (tertiary/aromatic N) is 2. The van der Waals surface area contributed by atoms with Gasteiger partial charge in [0, 0.05) is 25.0 Å². The molecule has 2 aliphatic rings. The number of ether oxygens (including phenoxy) is 1. The first-order valence-electron chi connectivity index (χ1n) is 7.33. The highest BCUT2D eigenvalue weighted by Crippen LogP contribution is 2.25. The quantitative estimate of drug-likeness (QED) is 0.859. The van der Waals surface area contributed by atoms with Gasteiger partial charge >= 0.3 is 0 Å². The predicted octanol–water partition coefficient (Wildman–Crippen LogP) is 2.59. The summed E-state index contributed by atoms with van der Waals surface area (Å²) in [4.78, 5) is 18.8. The molecular formula is C15H20N2O2S. The Kier molecular flexibility index (Phi) is 4.45. The molecule has 1 aromatic rings. The summed E-state index contributed by atoms with van der Waals surface area (Å²) in [6.07, 6.45) is 6.36. The van der Waals surface area contributed by atoms with E-state index in [1.165, 1.54) is 6.42 Å². The monoisotopic (exact) mass is 292 g/mol. The van der Waals surface area contributed by atoms with Gasteiger partial charge in [0.15, 0.2) is 0 Å². The Balaban J connectivity index is 1.75. The van der Waals surface area contributed by atoms with Crippen LogP contribution in [0.3, 0.4) is 0 Å². The Morgan fingerprint density at radius 3 is 2.95 bits per heavy atom. The molecule has 1 atom stereocenters. The zero-order chi connectivity index (χ0) is 13.8. The van der Waals surface area contributed by atoms with Gasteiger partial charge in [0.25, 0.3) is 5.91 Å². The number of carbonyl (C=O) groups excluding carboxylic acids is 1. The zero-order valence-electron chi connectivity index (χ0n) is 11.6. The summed E-state index contributed by atoms with van der Waals surface area (Å²) in [5.74, 6) is 2.70. The Hall–Kier alpha value is -1.23. The van der Waals surface area contributed by atoms with Crippen LogP contribution in [0.2, 0.25) is 0 Å². The third-order valence-corrected chi connectivity index (χ3v) is 4.94. The number of hydrogen-bond donors (Lipinski definition) is 0. The van der Waals surface area contributed by atoms with Crippen LogP contribution in [-0.4, -0.2) is 46.5 Å². The van der Waals surface area contributed by atoms with Crippen LogP contribution in [0, 0.1) is 0 Å². The van der Waals surface area contributed by atoms with Crippen LogP contribution >= 0.6 is 11.8 Å². The number of piperidine rings is 1. The molecule has 0 aliphatic carbocycles. The highest BCUT2D eigenvalue weighted by Gasteiger charge is 2.24. The normalized spacial score (nSPS) is 22.8. The van der Waals surface area contributed by atoms with E-state index in [4.69, 9.17) is 4.74 Å². The molecule has 0 radical (unpaired) electrons. The molecule has 2 aliphatic heterocycles. The van der Waals surface area contributed by atoms with E-state index in [1.54, 1.807) is 6.20 Å². The molecule has 0 saturated carbocycles. The lowest BCUT2D eigenvalue weighted by Gasteiger charge is -2.27. The van der Waals surface area contributed by atoms with E-state index in [-0.39, 0.29) is 12.0 Å². The van der Waals surface area contributed by atoms with Gasteiger partial charge in [0.2, 0.25) is 5.88 Å². The Morgan fingerprint density at radius 2 is 2.20 bits per heavy atom. The summed E-state index contributed by atoms with van der Waals surface area (Å²) in [7, 11) is 0. The van der Waals surface area contributed by atoms with Crippen molar-refractivity contribution in [3.63, 3.8) is 0 Å². The smallest absolute Gasteiger partial charge is 0.259 e. The van der Waals surface area contributed by atoms with Crippen molar-refractivity contribution in [2.24, 2.45) is 0 Å². The first-order valence-corrected chi connectivity index (χ1v) is 8.49. The first kappa shape index (κ1) is 13.7. The van der Waals surface area contributed by atoms with Gasteiger partial charge in [-0.3, -0.25) is 4.79 Å². The van der Waals surface area contributed by atoms with Crippen molar-refractivity contribution in [3.05, 3.63) is 23.9 Å². The minimum atomic E-state index is 0.0680. The molecule has 2 fully saturated rings. The molecule has 0 unspecified atom stereocenters. The van der Waals surface area contributed by atoms with Gasteiger partial charge in [-0.2, -0.15) is 11.8 Å². The van der Waals surface area contributed by atoms with Gasteiger partial charge < -0.3 is 9.64 Å². The van der Waals surface area contributed by atoms with E-state index in [9.17, 15) is 4.79 Å². The van der Waals surface area contributed by atoms with Crippen molar-refractivity contribution in [2.45, 2.75) is 31.8 Å². The molecule has 1 aromatic heterocycles. The number of pyridine rings is 1. The molecule has 108 valence electrons. The van der Waals surface area contributed by atoms with Gasteiger partial charge in [-0.05, 0) is 43.6 Å². The molecule has 0 aromatic carbocycles. The minimum absolute atomic E-state index is 0.0680.